The second kappa shape index (κ2) is 4.89. The summed E-state index contributed by atoms with van der Waals surface area (Å²) in [6, 6.07) is 4.97. The highest BCUT2D eigenvalue weighted by molar-refractivity contribution is 7.14. The molecular weight excluding hydrogens is 237 g/mol. The number of hydrogen-bond acceptors (Lipinski definition) is 4. The molecule has 2 N–H and O–H groups in total. The van der Waals surface area contributed by atoms with Gasteiger partial charge in [-0.05, 0) is 31.0 Å². The van der Waals surface area contributed by atoms with Crippen molar-refractivity contribution in [3.05, 3.63) is 34.6 Å². The molecule has 17 heavy (non-hydrogen) atoms. The number of halogens is 1. The Morgan fingerprint density at radius 1 is 1.41 bits per heavy atom. The molecule has 0 bridgehead atoms. The zero-order valence-electron chi connectivity index (χ0n) is 9.77. The molecule has 0 fully saturated rings. The summed E-state index contributed by atoms with van der Waals surface area (Å²) in [5.41, 5.74) is 7.24. The van der Waals surface area contributed by atoms with Crippen molar-refractivity contribution < 1.29 is 4.39 Å². The van der Waals surface area contributed by atoms with Crippen LogP contribution in [0.1, 0.15) is 30.0 Å². The van der Waals surface area contributed by atoms with E-state index in [1.807, 2.05) is 19.9 Å². The van der Waals surface area contributed by atoms with Crippen LogP contribution in [0.15, 0.2) is 18.2 Å². The molecule has 5 heteroatoms. The summed E-state index contributed by atoms with van der Waals surface area (Å²) >= 11 is 1.35. The van der Waals surface area contributed by atoms with Crippen LogP contribution in [0.2, 0.25) is 0 Å². The fraction of sp³-hybridized carbons (Fsp3) is 0.333. The van der Waals surface area contributed by atoms with Crippen molar-refractivity contribution in [2.45, 2.75) is 26.3 Å². The Labute approximate surface area is 104 Å². The maximum Gasteiger partial charge on any atom is 0.150 e. The Balaban J connectivity index is 2.37. The van der Waals surface area contributed by atoms with Gasteiger partial charge in [-0.3, -0.25) is 0 Å². The second-order valence-corrected chi connectivity index (χ2v) is 4.95. The van der Waals surface area contributed by atoms with E-state index in [0.717, 1.165) is 17.0 Å². The van der Waals surface area contributed by atoms with Crippen molar-refractivity contribution in [3.8, 4) is 10.6 Å². The molecule has 1 heterocycles. The fourth-order valence-electron chi connectivity index (χ4n) is 1.46. The van der Waals surface area contributed by atoms with Crippen molar-refractivity contribution in [3.63, 3.8) is 0 Å². The monoisotopic (exact) mass is 251 g/mol. The highest BCUT2D eigenvalue weighted by atomic mass is 32.1. The average Bonchev–Trinajstić information content (AvgIpc) is 2.77. The van der Waals surface area contributed by atoms with Crippen molar-refractivity contribution in [1.82, 2.24) is 10.2 Å². The second-order valence-electron chi connectivity index (χ2n) is 3.94. The first-order valence-corrected chi connectivity index (χ1v) is 6.29. The van der Waals surface area contributed by atoms with E-state index in [1.165, 1.54) is 17.4 Å². The van der Waals surface area contributed by atoms with E-state index in [0.29, 0.717) is 10.6 Å². The van der Waals surface area contributed by atoms with Gasteiger partial charge in [0, 0.05) is 5.56 Å². The molecule has 0 amide bonds. The lowest BCUT2D eigenvalue weighted by atomic mass is 10.1. The van der Waals surface area contributed by atoms with Gasteiger partial charge >= 0.3 is 0 Å². The first kappa shape index (κ1) is 12.1. The molecule has 1 aromatic heterocycles. The van der Waals surface area contributed by atoms with Gasteiger partial charge in [0.1, 0.15) is 10.8 Å². The molecule has 0 spiro atoms. The van der Waals surface area contributed by atoms with E-state index >= 15 is 0 Å². The predicted octanol–water partition coefficient (Wildman–Crippen LogP) is 3.06. The molecule has 2 aromatic rings. The minimum atomic E-state index is -0.266. The molecular formula is C12H14FN3S. The minimum Gasteiger partial charge on any atom is -0.322 e. The number of aromatic nitrogens is 2. The smallest absolute Gasteiger partial charge is 0.150 e. The molecule has 0 saturated heterocycles. The summed E-state index contributed by atoms with van der Waals surface area (Å²) in [6.45, 7) is 3.84. The van der Waals surface area contributed by atoms with Crippen molar-refractivity contribution >= 4 is 11.3 Å². The molecule has 3 nitrogen and oxygen atoms in total. The summed E-state index contributed by atoms with van der Waals surface area (Å²) in [4.78, 5) is 0. The van der Waals surface area contributed by atoms with Gasteiger partial charge in [0.25, 0.3) is 0 Å². The molecule has 0 saturated carbocycles. The van der Waals surface area contributed by atoms with Crippen LogP contribution in [0, 0.1) is 12.7 Å². The van der Waals surface area contributed by atoms with Crippen molar-refractivity contribution in [1.29, 1.82) is 0 Å². The first-order valence-electron chi connectivity index (χ1n) is 5.47. The van der Waals surface area contributed by atoms with Gasteiger partial charge in [-0.1, -0.05) is 24.3 Å². The first-order chi connectivity index (χ1) is 8.11. The molecule has 1 atom stereocenters. The van der Waals surface area contributed by atoms with Crippen LogP contribution >= 0.6 is 11.3 Å². The molecule has 0 aliphatic rings. The van der Waals surface area contributed by atoms with E-state index in [9.17, 15) is 4.39 Å². The number of benzene rings is 1. The van der Waals surface area contributed by atoms with Gasteiger partial charge < -0.3 is 5.73 Å². The van der Waals surface area contributed by atoms with Gasteiger partial charge in [-0.25, -0.2) is 4.39 Å². The molecule has 0 aliphatic heterocycles. The van der Waals surface area contributed by atoms with E-state index in [2.05, 4.69) is 10.2 Å². The third-order valence-corrected chi connectivity index (χ3v) is 3.64. The molecule has 2 rings (SSSR count). The highest BCUT2D eigenvalue weighted by Crippen LogP contribution is 2.29. The lowest BCUT2D eigenvalue weighted by Crippen LogP contribution is -2.07. The molecule has 0 radical (unpaired) electrons. The summed E-state index contributed by atoms with van der Waals surface area (Å²) < 4.78 is 13.7. The SMILES string of the molecule is CCC(N)c1nnc(-c2ccc(C)cc2F)s1. The van der Waals surface area contributed by atoms with Crippen LogP contribution in [-0.4, -0.2) is 10.2 Å². The van der Waals surface area contributed by atoms with Crippen LogP contribution in [0.4, 0.5) is 4.39 Å². The summed E-state index contributed by atoms with van der Waals surface area (Å²) in [6.07, 6.45) is 0.797. The lowest BCUT2D eigenvalue weighted by Gasteiger charge is -2.01. The Kier molecular flexibility index (Phi) is 3.49. The average molecular weight is 251 g/mol. The highest BCUT2D eigenvalue weighted by Gasteiger charge is 2.14. The van der Waals surface area contributed by atoms with Gasteiger partial charge in [-0.2, -0.15) is 0 Å². The standard InChI is InChI=1S/C12H14FN3S/c1-3-10(14)12-16-15-11(17-12)8-5-4-7(2)6-9(8)13/h4-6,10H,3,14H2,1-2H3. The summed E-state index contributed by atoms with van der Waals surface area (Å²) in [7, 11) is 0. The Hall–Kier alpha value is -1.33. The number of rotatable bonds is 3. The molecule has 1 aromatic carbocycles. The number of nitrogens with two attached hydrogens (primary N) is 1. The van der Waals surface area contributed by atoms with Gasteiger partial charge in [0.05, 0.1) is 6.04 Å². The predicted molar refractivity (Wildman–Crippen MR) is 67.3 cm³/mol. The summed E-state index contributed by atoms with van der Waals surface area (Å²) in [5.74, 6) is -0.266. The van der Waals surface area contributed by atoms with Crippen LogP contribution in [0.3, 0.4) is 0 Å². The summed E-state index contributed by atoms with van der Waals surface area (Å²) in [5, 5.41) is 9.34. The van der Waals surface area contributed by atoms with Crippen LogP contribution < -0.4 is 5.73 Å². The largest absolute Gasteiger partial charge is 0.322 e. The van der Waals surface area contributed by atoms with Crippen LogP contribution in [-0.2, 0) is 0 Å². The topological polar surface area (TPSA) is 51.8 Å². The zero-order chi connectivity index (χ0) is 12.4. The zero-order valence-corrected chi connectivity index (χ0v) is 10.6. The van der Waals surface area contributed by atoms with Crippen molar-refractivity contribution in [2.24, 2.45) is 5.73 Å². The number of hydrogen-bond donors (Lipinski definition) is 1. The van der Waals surface area contributed by atoms with E-state index in [1.54, 1.807) is 6.07 Å². The Morgan fingerprint density at radius 2 is 2.18 bits per heavy atom. The van der Waals surface area contributed by atoms with Gasteiger partial charge in [0.15, 0.2) is 5.01 Å². The molecule has 0 aliphatic carbocycles. The molecule has 90 valence electrons. The van der Waals surface area contributed by atoms with E-state index in [-0.39, 0.29) is 11.9 Å². The van der Waals surface area contributed by atoms with Crippen molar-refractivity contribution in [2.75, 3.05) is 0 Å². The maximum atomic E-state index is 13.7. The van der Waals surface area contributed by atoms with E-state index in [4.69, 9.17) is 5.73 Å². The lowest BCUT2D eigenvalue weighted by molar-refractivity contribution is 0.629. The minimum absolute atomic E-state index is 0.116. The third-order valence-electron chi connectivity index (χ3n) is 2.55. The quantitative estimate of drug-likeness (QED) is 0.912. The van der Waals surface area contributed by atoms with Crippen LogP contribution in [0.25, 0.3) is 10.6 Å². The van der Waals surface area contributed by atoms with Crippen LogP contribution in [0.5, 0.6) is 0 Å². The molecule has 1 unspecified atom stereocenters. The number of aryl methyl sites for hydroxylation is 1. The van der Waals surface area contributed by atoms with Gasteiger partial charge in [-0.15, -0.1) is 10.2 Å². The number of nitrogens with zero attached hydrogens (tertiary/aromatic N) is 2. The Morgan fingerprint density at radius 3 is 2.82 bits per heavy atom. The normalized spacial score (nSPS) is 12.7. The third kappa shape index (κ3) is 2.50. The maximum absolute atomic E-state index is 13.7. The fourth-order valence-corrected chi connectivity index (χ4v) is 2.42. The van der Waals surface area contributed by atoms with E-state index < -0.39 is 0 Å². The van der Waals surface area contributed by atoms with Gasteiger partial charge in [0.2, 0.25) is 0 Å². The Bertz CT molecular complexity index is 524.